The fraction of sp³-hybridized carbons (Fsp3) is 0.304. The van der Waals surface area contributed by atoms with Gasteiger partial charge in [0.15, 0.2) is 0 Å². The Morgan fingerprint density at radius 2 is 1.77 bits per heavy atom. The number of hydrogen-bond donors (Lipinski definition) is 1. The Labute approximate surface area is 180 Å². The summed E-state index contributed by atoms with van der Waals surface area (Å²) in [4.78, 5) is 27.1. The van der Waals surface area contributed by atoms with Gasteiger partial charge in [-0.1, -0.05) is 23.7 Å². The third kappa shape index (κ3) is 4.50. The minimum atomic E-state index is -0.709. The summed E-state index contributed by atoms with van der Waals surface area (Å²) in [7, 11) is 1.58. The fourth-order valence-corrected chi connectivity index (χ4v) is 3.64. The van der Waals surface area contributed by atoms with Crippen LogP contribution in [-0.2, 0) is 14.3 Å². The van der Waals surface area contributed by atoms with Crippen molar-refractivity contribution in [1.29, 1.82) is 0 Å². The number of rotatable bonds is 8. The maximum atomic E-state index is 12.9. The van der Waals surface area contributed by atoms with Crippen molar-refractivity contribution in [1.82, 2.24) is 4.90 Å². The number of aliphatic hydroxyl groups excluding tert-OH is 1. The normalized spacial score (nSPS) is 18.1. The molecule has 2 aromatic rings. The molecule has 0 unspecified atom stereocenters. The second kappa shape index (κ2) is 9.78. The van der Waals surface area contributed by atoms with E-state index in [-0.39, 0.29) is 11.3 Å². The second-order valence-electron chi connectivity index (χ2n) is 6.85. The van der Waals surface area contributed by atoms with Crippen molar-refractivity contribution in [2.75, 3.05) is 26.9 Å². The van der Waals surface area contributed by atoms with Crippen LogP contribution < -0.4 is 4.74 Å². The molecule has 0 spiro atoms. The summed E-state index contributed by atoms with van der Waals surface area (Å²) in [5.74, 6) is -0.911. The SMILES string of the molecule is CCOc1ccc(C(O)=C2C(=O)C(=O)N(CCCOC)[C@H]2c2ccc(Cl)cc2)cc1. The summed E-state index contributed by atoms with van der Waals surface area (Å²) >= 11 is 6.01. The average molecular weight is 430 g/mol. The third-order valence-corrected chi connectivity index (χ3v) is 5.16. The topological polar surface area (TPSA) is 76.1 Å². The molecule has 0 bridgehead atoms. The number of Topliss-reactive ketones (excluding diaryl/α,β-unsaturated/α-hetero) is 1. The Kier molecular flexibility index (Phi) is 7.13. The molecule has 6 nitrogen and oxygen atoms in total. The summed E-state index contributed by atoms with van der Waals surface area (Å²) in [6.45, 7) is 3.18. The summed E-state index contributed by atoms with van der Waals surface area (Å²) in [6, 6.07) is 13.0. The number of ether oxygens (including phenoxy) is 2. The first-order valence-corrected chi connectivity index (χ1v) is 10.1. The summed E-state index contributed by atoms with van der Waals surface area (Å²) in [6.07, 6.45) is 0.566. The number of carbonyl (C=O) groups excluding carboxylic acids is 2. The first-order chi connectivity index (χ1) is 14.5. The Bertz CT molecular complexity index is 937. The lowest BCUT2D eigenvalue weighted by Crippen LogP contribution is -2.31. The standard InChI is InChI=1S/C23H24ClNO5/c1-3-30-18-11-7-16(8-12-18)21(26)19-20(15-5-9-17(24)10-6-15)25(13-4-14-29-2)23(28)22(19)27/h5-12,20,26H,3-4,13-14H2,1-2H3/t20-/m0/s1. The number of aliphatic hydroxyl groups is 1. The first-order valence-electron chi connectivity index (χ1n) is 9.74. The zero-order valence-corrected chi connectivity index (χ0v) is 17.7. The number of carbonyl (C=O) groups is 2. The molecule has 1 N–H and O–H groups in total. The van der Waals surface area contributed by atoms with Crippen LogP contribution in [0.25, 0.3) is 5.76 Å². The molecular weight excluding hydrogens is 406 g/mol. The van der Waals surface area contributed by atoms with Crippen molar-refractivity contribution in [3.8, 4) is 5.75 Å². The highest BCUT2D eigenvalue weighted by Crippen LogP contribution is 2.39. The van der Waals surface area contributed by atoms with Crippen LogP contribution in [-0.4, -0.2) is 48.6 Å². The zero-order valence-electron chi connectivity index (χ0n) is 16.9. The van der Waals surface area contributed by atoms with Gasteiger partial charge in [0.05, 0.1) is 18.2 Å². The average Bonchev–Trinajstić information content (AvgIpc) is 3.00. The van der Waals surface area contributed by atoms with E-state index in [0.29, 0.717) is 48.1 Å². The van der Waals surface area contributed by atoms with Crippen molar-refractivity contribution in [3.63, 3.8) is 0 Å². The van der Waals surface area contributed by atoms with Gasteiger partial charge in [-0.3, -0.25) is 9.59 Å². The van der Waals surface area contributed by atoms with E-state index >= 15 is 0 Å². The zero-order chi connectivity index (χ0) is 21.7. The third-order valence-electron chi connectivity index (χ3n) is 4.91. The van der Waals surface area contributed by atoms with Crippen molar-refractivity contribution < 1.29 is 24.2 Å². The van der Waals surface area contributed by atoms with Crippen LogP contribution in [0.1, 0.15) is 30.5 Å². The van der Waals surface area contributed by atoms with Gasteiger partial charge in [0.1, 0.15) is 11.5 Å². The molecule has 1 aliphatic rings. The maximum absolute atomic E-state index is 12.9. The van der Waals surface area contributed by atoms with Crippen LogP contribution in [0.5, 0.6) is 5.75 Å². The minimum Gasteiger partial charge on any atom is -0.507 e. The predicted molar refractivity (Wildman–Crippen MR) is 115 cm³/mol. The molecular formula is C23H24ClNO5. The Hall–Kier alpha value is -2.83. The summed E-state index contributed by atoms with van der Waals surface area (Å²) in [5.41, 5.74) is 1.19. The summed E-state index contributed by atoms with van der Waals surface area (Å²) < 4.78 is 10.5. The highest BCUT2D eigenvalue weighted by Gasteiger charge is 2.45. The van der Waals surface area contributed by atoms with Crippen LogP contribution in [0.2, 0.25) is 5.02 Å². The summed E-state index contributed by atoms with van der Waals surface area (Å²) in [5, 5.41) is 11.5. The number of nitrogens with zero attached hydrogens (tertiary/aromatic N) is 1. The number of likely N-dealkylation sites (tertiary alicyclic amines) is 1. The molecule has 30 heavy (non-hydrogen) atoms. The van der Waals surface area contributed by atoms with Crippen LogP contribution >= 0.6 is 11.6 Å². The van der Waals surface area contributed by atoms with Gasteiger partial charge in [-0.2, -0.15) is 0 Å². The highest BCUT2D eigenvalue weighted by atomic mass is 35.5. The molecule has 1 aliphatic heterocycles. The Balaban J connectivity index is 2.06. The van der Waals surface area contributed by atoms with Gasteiger partial charge in [0.2, 0.25) is 0 Å². The molecule has 0 radical (unpaired) electrons. The van der Waals surface area contributed by atoms with Crippen molar-refractivity contribution in [3.05, 3.63) is 70.3 Å². The molecule has 7 heteroatoms. The lowest BCUT2D eigenvalue weighted by atomic mass is 9.95. The van der Waals surface area contributed by atoms with E-state index in [1.165, 1.54) is 4.90 Å². The Morgan fingerprint density at radius 3 is 2.37 bits per heavy atom. The lowest BCUT2D eigenvalue weighted by molar-refractivity contribution is -0.140. The monoisotopic (exact) mass is 429 g/mol. The van der Waals surface area contributed by atoms with Crippen molar-refractivity contribution in [2.24, 2.45) is 0 Å². The lowest BCUT2D eigenvalue weighted by Gasteiger charge is -2.25. The van der Waals surface area contributed by atoms with Crippen molar-refractivity contribution in [2.45, 2.75) is 19.4 Å². The van der Waals surface area contributed by atoms with Crippen LogP contribution in [0, 0.1) is 0 Å². The van der Waals surface area contributed by atoms with E-state index in [0.717, 1.165) is 0 Å². The predicted octanol–water partition coefficient (Wildman–Crippen LogP) is 4.20. The molecule has 0 saturated carbocycles. The smallest absolute Gasteiger partial charge is 0.295 e. The highest BCUT2D eigenvalue weighted by molar-refractivity contribution is 6.46. The quantitative estimate of drug-likeness (QED) is 0.294. The van der Waals surface area contributed by atoms with Crippen molar-refractivity contribution >= 4 is 29.1 Å². The number of halogens is 1. The largest absolute Gasteiger partial charge is 0.507 e. The minimum absolute atomic E-state index is 0.0592. The molecule has 1 heterocycles. The van der Waals surface area contributed by atoms with E-state index in [4.69, 9.17) is 21.1 Å². The van der Waals surface area contributed by atoms with Crippen LogP contribution in [0.3, 0.4) is 0 Å². The van der Waals surface area contributed by atoms with Gasteiger partial charge in [-0.25, -0.2) is 0 Å². The van der Waals surface area contributed by atoms with E-state index in [2.05, 4.69) is 0 Å². The van der Waals surface area contributed by atoms with Gasteiger partial charge in [0.25, 0.3) is 11.7 Å². The molecule has 2 aromatic carbocycles. The molecule has 1 atom stereocenters. The first kappa shape index (κ1) is 21.9. The molecule has 0 aliphatic carbocycles. The van der Waals surface area contributed by atoms with E-state index < -0.39 is 17.7 Å². The van der Waals surface area contributed by atoms with Crippen LogP contribution in [0.15, 0.2) is 54.1 Å². The molecule has 1 saturated heterocycles. The molecule has 158 valence electrons. The van der Waals surface area contributed by atoms with E-state index in [1.807, 2.05) is 6.92 Å². The van der Waals surface area contributed by atoms with Crippen LogP contribution in [0.4, 0.5) is 0 Å². The molecule has 1 fully saturated rings. The maximum Gasteiger partial charge on any atom is 0.295 e. The van der Waals surface area contributed by atoms with Gasteiger partial charge >= 0.3 is 0 Å². The van der Waals surface area contributed by atoms with E-state index in [9.17, 15) is 14.7 Å². The second-order valence-corrected chi connectivity index (χ2v) is 7.28. The number of amides is 1. The van der Waals surface area contributed by atoms with Gasteiger partial charge in [-0.15, -0.1) is 0 Å². The van der Waals surface area contributed by atoms with E-state index in [1.54, 1.807) is 55.6 Å². The fourth-order valence-electron chi connectivity index (χ4n) is 3.51. The van der Waals surface area contributed by atoms with Gasteiger partial charge in [0, 0.05) is 30.8 Å². The number of benzene rings is 2. The number of hydrogen-bond acceptors (Lipinski definition) is 5. The molecule has 1 amide bonds. The number of methoxy groups -OCH3 is 1. The molecule has 3 rings (SSSR count). The number of ketones is 1. The van der Waals surface area contributed by atoms with Gasteiger partial charge in [-0.05, 0) is 55.3 Å². The van der Waals surface area contributed by atoms with Gasteiger partial charge < -0.3 is 19.5 Å². The Morgan fingerprint density at radius 1 is 1.10 bits per heavy atom. The molecule has 0 aromatic heterocycles.